The van der Waals surface area contributed by atoms with Crippen molar-refractivity contribution in [3.63, 3.8) is 0 Å². The molecule has 2 aromatic heterocycles. The van der Waals surface area contributed by atoms with Gasteiger partial charge in [0, 0.05) is 17.0 Å². The Morgan fingerprint density at radius 3 is 2.64 bits per heavy atom. The first-order valence-corrected chi connectivity index (χ1v) is 11.6. The number of carbonyl (C=O) groups is 1. The molecular formula is C20H20BrNO5S. The smallest absolute Gasteiger partial charge is 0.290 e. The Bertz CT molecular complexity index is 1160. The lowest BCUT2D eigenvalue weighted by Crippen LogP contribution is -2.40. The van der Waals surface area contributed by atoms with Crippen LogP contribution >= 0.6 is 15.9 Å². The zero-order chi connectivity index (χ0) is 20.1. The molecule has 3 heterocycles. The number of hydrogen-bond acceptors (Lipinski definition) is 5. The molecule has 1 aromatic carbocycles. The molecule has 1 aliphatic rings. The molecule has 1 aliphatic heterocycles. The van der Waals surface area contributed by atoms with E-state index in [2.05, 4.69) is 15.9 Å². The van der Waals surface area contributed by atoms with Crippen LogP contribution in [0.4, 0.5) is 0 Å². The van der Waals surface area contributed by atoms with E-state index in [1.165, 1.54) is 0 Å². The number of rotatable bonds is 4. The van der Waals surface area contributed by atoms with Crippen molar-refractivity contribution in [1.29, 1.82) is 0 Å². The van der Waals surface area contributed by atoms with E-state index >= 15 is 0 Å². The summed E-state index contributed by atoms with van der Waals surface area (Å²) in [7, 11) is -3.15. The van der Waals surface area contributed by atoms with Gasteiger partial charge in [-0.05, 0) is 60.0 Å². The van der Waals surface area contributed by atoms with Crippen molar-refractivity contribution in [3.05, 3.63) is 57.6 Å². The minimum atomic E-state index is -3.15. The van der Waals surface area contributed by atoms with Gasteiger partial charge >= 0.3 is 0 Å². The maximum absolute atomic E-state index is 13.4. The average molecular weight is 466 g/mol. The Balaban J connectivity index is 1.73. The van der Waals surface area contributed by atoms with Crippen LogP contribution in [0, 0.1) is 13.8 Å². The zero-order valence-electron chi connectivity index (χ0n) is 15.6. The lowest BCUT2D eigenvalue weighted by molar-refractivity contribution is 0.0634. The molecule has 148 valence electrons. The second-order valence-electron chi connectivity index (χ2n) is 7.25. The molecule has 0 radical (unpaired) electrons. The van der Waals surface area contributed by atoms with E-state index < -0.39 is 15.9 Å². The fraction of sp³-hybridized carbons (Fsp3) is 0.350. The summed E-state index contributed by atoms with van der Waals surface area (Å²) in [4.78, 5) is 15.0. The number of amides is 1. The molecule has 1 unspecified atom stereocenters. The van der Waals surface area contributed by atoms with E-state index in [4.69, 9.17) is 8.83 Å². The Hall–Kier alpha value is -2.06. The highest BCUT2D eigenvalue weighted by Crippen LogP contribution is 2.30. The van der Waals surface area contributed by atoms with Crippen LogP contribution in [0.3, 0.4) is 0 Å². The highest BCUT2D eigenvalue weighted by molar-refractivity contribution is 9.10. The van der Waals surface area contributed by atoms with Gasteiger partial charge in [0.2, 0.25) is 0 Å². The molecule has 1 amide bonds. The van der Waals surface area contributed by atoms with E-state index in [0.717, 1.165) is 16.5 Å². The van der Waals surface area contributed by atoms with Crippen molar-refractivity contribution in [2.45, 2.75) is 32.9 Å². The molecule has 0 saturated carbocycles. The van der Waals surface area contributed by atoms with Crippen LogP contribution in [0.25, 0.3) is 11.0 Å². The molecule has 8 heteroatoms. The summed E-state index contributed by atoms with van der Waals surface area (Å²) in [6.45, 7) is 3.99. The van der Waals surface area contributed by atoms with Gasteiger partial charge in [-0.1, -0.05) is 12.1 Å². The van der Waals surface area contributed by atoms with Crippen LogP contribution in [0.5, 0.6) is 0 Å². The zero-order valence-corrected chi connectivity index (χ0v) is 18.0. The molecule has 0 spiro atoms. The first-order chi connectivity index (χ1) is 13.2. The number of benzene rings is 1. The minimum absolute atomic E-state index is 0.0427. The van der Waals surface area contributed by atoms with Crippen LogP contribution in [-0.2, 0) is 16.4 Å². The number of carbonyl (C=O) groups excluding carboxylic acids is 1. The number of sulfone groups is 1. The molecule has 3 aromatic rings. The summed E-state index contributed by atoms with van der Waals surface area (Å²) in [5.41, 5.74) is 2.45. The summed E-state index contributed by atoms with van der Waals surface area (Å²) < 4.78 is 36.0. The van der Waals surface area contributed by atoms with Gasteiger partial charge in [-0.25, -0.2) is 8.42 Å². The highest BCUT2D eigenvalue weighted by Gasteiger charge is 2.37. The second-order valence-corrected chi connectivity index (χ2v) is 10.3. The van der Waals surface area contributed by atoms with Crippen LogP contribution < -0.4 is 0 Å². The van der Waals surface area contributed by atoms with E-state index in [0.29, 0.717) is 22.4 Å². The van der Waals surface area contributed by atoms with Crippen LogP contribution in [0.1, 0.15) is 33.9 Å². The molecule has 6 nitrogen and oxygen atoms in total. The van der Waals surface area contributed by atoms with Crippen LogP contribution in [0.15, 0.2) is 43.8 Å². The van der Waals surface area contributed by atoms with Gasteiger partial charge in [-0.15, -0.1) is 0 Å². The number of nitrogens with zero attached hydrogens (tertiary/aromatic N) is 1. The van der Waals surface area contributed by atoms with Gasteiger partial charge in [0.15, 0.2) is 20.3 Å². The molecule has 28 heavy (non-hydrogen) atoms. The van der Waals surface area contributed by atoms with Crippen molar-refractivity contribution in [1.82, 2.24) is 4.90 Å². The van der Waals surface area contributed by atoms with Gasteiger partial charge in [0.1, 0.15) is 11.3 Å². The maximum atomic E-state index is 13.4. The number of fused-ring (bicyclic) bond motifs is 1. The fourth-order valence-electron chi connectivity index (χ4n) is 3.66. The van der Waals surface area contributed by atoms with E-state index in [1.807, 2.05) is 32.0 Å². The Morgan fingerprint density at radius 2 is 2.00 bits per heavy atom. The Kier molecular flexibility index (Phi) is 4.87. The lowest BCUT2D eigenvalue weighted by Gasteiger charge is -2.26. The predicted octanol–water partition coefficient (Wildman–Crippen LogP) is 4.23. The number of hydrogen-bond donors (Lipinski definition) is 0. The van der Waals surface area contributed by atoms with Crippen LogP contribution in [-0.4, -0.2) is 36.8 Å². The van der Waals surface area contributed by atoms with Crippen molar-refractivity contribution < 1.29 is 22.0 Å². The first-order valence-electron chi connectivity index (χ1n) is 8.99. The number of halogens is 1. The van der Waals surface area contributed by atoms with Crippen molar-refractivity contribution in [2.24, 2.45) is 0 Å². The summed E-state index contributed by atoms with van der Waals surface area (Å²) in [5.74, 6) is 0.547. The Morgan fingerprint density at radius 1 is 1.21 bits per heavy atom. The largest absolute Gasteiger partial charge is 0.452 e. The normalized spacial score (nSPS) is 18.6. The predicted molar refractivity (Wildman–Crippen MR) is 109 cm³/mol. The topological polar surface area (TPSA) is 80.7 Å². The minimum Gasteiger partial charge on any atom is -0.452 e. The molecule has 1 fully saturated rings. The van der Waals surface area contributed by atoms with Gasteiger partial charge < -0.3 is 13.7 Å². The molecule has 0 N–H and O–H groups in total. The first kappa shape index (κ1) is 19.3. The van der Waals surface area contributed by atoms with Crippen LogP contribution in [0.2, 0.25) is 0 Å². The van der Waals surface area contributed by atoms with E-state index in [1.54, 1.807) is 17.0 Å². The number of furan rings is 2. The molecule has 0 bridgehead atoms. The summed E-state index contributed by atoms with van der Waals surface area (Å²) in [6.07, 6.45) is 0.411. The van der Waals surface area contributed by atoms with Crippen molar-refractivity contribution in [3.8, 4) is 0 Å². The molecule has 4 rings (SSSR count). The third kappa shape index (κ3) is 3.63. The second kappa shape index (κ2) is 7.08. The SMILES string of the molecule is Cc1ccc2c(C)c(C(=O)N(Cc3ccc(Br)o3)C3CCS(=O)(=O)C3)oc2c1. The van der Waals surface area contributed by atoms with Crippen molar-refractivity contribution >= 4 is 42.6 Å². The average Bonchev–Trinajstić information content (AvgIpc) is 3.29. The maximum Gasteiger partial charge on any atom is 0.290 e. The molecular weight excluding hydrogens is 446 g/mol. The standard InChI is InChI=1S/C20H20BrNO5S/c1-12-3-5-16-13(2)19(27-17(16)9-12)20(23)22(10-15-4-6-18(21)26-15)14-7-8-28(24,25)11-14/h3-6,9,14H,7-8,10-11H2,1-2H3. The molecule has 1 atom stereocenters. The summed E-state index contributed by atoms with van der Waals surface area (Å²) in [6, 6.07) is 8.92. The third-order valence-electron chi connectivity index (χ3n) is 5.15. The Labute approximate surface area is 171 Å². The van der Waals surface area contributed by atoms with Gasteiger partial charge in [-0.3, -0.25) is 4.79 Å². The fourth-order valence-corrected chi connectivity index (χ4v) is 5.73. The van der Waals surface area contributed by atoms with Gasteiger partial charge in [0.25, 0.3) is 5.91 Å². The lowest BCUT2D eigenvalue weighted by atomic mass is 10.1. The quantitative estimate of drug-likeness (QED) is 0.575. The molecule has 0 aliphatic carbocycles. The van der Waals surface area contributed by atoms with E-state index in [9.17, 15) is 13.2 Å². The molecule has 1 saturated heterocycles. The van der Waals surface area contributed by atoms with Gasteiger partial charge in [-0.2, -0.15) is 0 Å². The number of aryl methyl sites for hydroxylation is 2. The third-order valence-corrected chi connectivity index (χ3v) is 7.33. The van der Waals surface area contributed by atoms with Gasteiger partial charge in [0.05, 0.1) is 18.1 Å². The monoisotopic (exact) mass is 465 g/mol. The summed E-state index contributed by atoms with van der Waals surface area (Å²) in [5, 5.41) is 0.883. The van der Waals surface area contributed by atoms with E-state index in [-0.39, 0.29) is 29.7 Å². The highest BCUT2D eigenvalue weighted by atomic mass is 79.9. The van der Waals surface area contributed by atoms with Crippen molar-refractivity contribution in [2.75, 3.05) is 11.5 Å². The summed E-state index contributed by atoms with van der Waals surface area (Å²) >= 11 is 3.26.